The Kier molecular flexibility index (Phi) is 6.85. The second-order valence-corrected chi connectivity index (χ2v) is 6.84. The molecule has 2 heterocycles. The molecule has 0 spiro atoms. The summed E-state index contributed by atoms with van der Waals surface area (Å²) in [7, 11) is 0. The Morgan fingerprint density at radius 1 is 1.25 bits per heavy atom. The number of β-amino-alcohol motifs (C(OH)–C–C–N with tert-alkyl or cyclic N) is 1. The first-order chi connectivity index (χ1) is 11.8. The van der Waals surface area contributed by atoms with E-state index in [4.69, 9.17) is 9.47 Å². The van der Waals surface area contributed by atoms with Crippen molar-refractivity contribution in [1.82, 2.24) is 4.90 Å². The first-order valence-electron chi connectivity index (χ1n) is 9.14. The molecule has 3 rings (SSSR count). The van der Waals surface area contributed by atoms with Crippen LogP contribution < -0.4 is 0 Å². The molecular weight excluding hydrogens is 302 g/mol. The van der Waals surface area contributed by atoms with Gasteiger partial charge in [0.2, 0.25) is 0 Å². The molecule has 1 aromatic rings. The Balaban J connectivity index is 1.33. The fraction of sp³-hybridized carbons (Fsp3) is 0.600. The predicted molar refractivity (Wildman–Crippen MR) is 95.9 cm³/mol. The maximum absolute atomic E-state index is 10.2. The molecule has 4 nitrogen and oxygen atoms in total. The van der Waals surface area contributed by atoms with Gasteiger partial charge in [-0.15, -0.1) is 0 Å². The zero-order valence-corrected chi connectivity index (χ0v) is 14.4. The number of aliphatic hydroxyl groups is 1. The lowest BCUT2D eigenvalue weighted by molar-refractivity contribution is -0.0256. The summed E-state index contributed by atoms with van der Waals surface area (Å²) in [5, 5.41) is 10.2. The number of aliphatic hydroxyl groups excluding tert-OH is 1. The minimum Gasteiger partial charge on any atom is -0.389 e. The lowest BCUT2D eigenvalue weighted by Gasteiger charge is -2.30. The van der Waals surface area contributed by atoms with Gasteiger partial charge in [-0.25, -0.2) is 0 Å². The summed E-state index contributed by atoms with van der Waals surface area (Å²) in [6, 6.07) is 10.5. The number of hydrogen-bond acceptors (Lipinski definition) is 4. The van der Waals surface area contributed by atoms with Crippen LogP contribution in [-0.4, -0.2) is 61.7 Å². The lowest BCUT2D eigenvalue weighted by Crippen LogP contribution is -2.39. The van der Waals surface area contributed by atoms with E-state index in [1.54, 1.807) is 0 Å². The highest BCUT2D eigenvalue weighted by Gasteiger charge is 2.19. The average molecular weight is 331 g/mol. The van der Waals surface area contributed by atoms with Crippen molar-refractivity contribution in [2.24, 2.45) is 0 Å². The SMILES string of the molecule is OC(COCC1CCCO1)CN1CCC(=Cc2ccccc2)CC1. The molecule has 24 heavy (non-hydrogen) atoms. The fourth-order valence-corrected chi connectivity index (χ4v) is 3.41. The quantitative estimate of drug-likeness (QED) is 0.834. The predicted octanol–water partition coefficient (Wildman–Crippen LogP) is 2.72. The molecule has 2 fully saturated rings. The summed E-state index contributed by atoms with van der Waals surface area (Å²) in [6.45, 7) is 4.60. The highest BCUT2D eigenvalue weighted by molar-refractivity contribution is 5.52. The van der Waals surface area contributed by atoms with E-state index in [0.717, 1.165) is 45.4 Å². The van der Waals surface area contributed by atoms with Crippen LogP contribution in [0.15, 0.2) is 35.9 Å². The number of likely N-dealkylation sites (tertiary alicyclic amines) is 1. The Bertz CT molecular complexity index is 501. The van der Waals surface area contributed by atoms with Crippen LogP contribution in [0.3, 0.4) is 0 Å². The normalized spacial score (nSPS) is 23.4. The largest absolute Gasteiger partial charge is 0.389 e. The number of rotatable bonds is 7. The van der Waals surface area contributed by atoms with Crippen molar-refractivity contribution < 1.29 is 14.6 Å². The maximum atomic E-state index is 10.2. The molecule has 0 bridgehead atoms. The molecule has 1 N–H and O–H groups in total. The highest BCUT2D eigenvalue weighted by atomic mass is 16.5. The van der Waals surface area contributed by atoms with Gasteiger partial charge in [0.15, 0.2) is 0 Å². The summed E-state index contributed by atoms with van der Waals surface area (Å²) < 4.78 is 11.1. The van der Waals surface area contributed by atoms with Crippen molar-refractivity contribution in [2.45, 2.75) is 37.9 Å². The summed E-state index contributed by atoms with van der Waals surface area (Å²) >= 11 is 0. The van der Waals surface area contributed by atoms with E-state index < -0.39 is 6.10 Å². The van der Waals surface area contributed by atoms with Gasteiger partial charge in [0.1, 0.15) is 0 Å². The summed E-state index contributed by atoms with van der Waals surface area (Å²) in [4.78, 5) is 2.34. The van der Waals surface area contributed by atoms with Crippen molar-refractivity contribution in [2.75, 3.05) is 39.5 Å². The average Bonchev–Trinajstić information content (AvgIpc) is 3.11. The van der Waals surface area contributed by atoms with Crippen LogP contribution in [0.2, 0.25) is 0 Å². The lowest BCUT2D eigenvalue weighted by atomic mass is 10.0. The van der Waals surface area contributed by atoms with Crippen LogP contribution >= 0.6 is 0 Å². The topological polar surface area (TPSA) is 41.9 Å². The van der Waals surface area contributed by atoms with Crippen LogP contribution in [-0.2, 0) is 9.47 Å². The molecule has 0 aliphatic carbocycles. The minimum absolute atomic E-state index is 0.234. The Labute approximate surface area is 145 Å². The molecule has 0 saturated carbocycles. The van der Waals surface area contributed by atoms with Crippen LogP contribution in [0, 0.1) is 0 Å². The van der Waals surface area contributed by atoms with E-state index in [1.807, 2.05) is 6.07 Å². The van der Waals surface area contributed by atoms with E-state index in [1.165, 1.54) is 11.1 Å². The van der Waals surface area contributed by atoms with E-state index >= 15 is 0 Å². The summed E-state index contributed by atoms with van der Waals surface area (Å²) in [5.74, 6) is 0. The third-order valence-electron chi connectivity index (χ3n) is 4.78. The van der Waals surface area contributed by atoms with Gasteiger partial charge in [-0.05, 0) is 31.2 Å². The van der Waals surface area contributed by atoms with E-state index in [-0.39, 0.29) is 6.10 Å². The molecule has 0 amide bonds. The first-order valence-corrected chi connectivity index (χ1v) is 9.14. The summed E-state index contributed by atoms with van der Waals surface area (Å²) in [6.07, 6.45) is 6.50. The fourth-order valence-electron chi connectivity index (χ4n) is 3.41. The van der Waals surface area contributed by atoms with Crippen molar-refractivity contribution in [3.8, 4) is 0 Å². The van der Waals surface area contributed by atoms with Gasteiger partial charge < -0.3 is 19.5 Å². The third-order valence-corrected chi connectivity index (χ3v) is 4.78. The van der Waals surface area contributed by atoms with Gasteiger partial charge in [-0.2, -0.15) is 0 Å². The molecule has 2 atom stereocenters. The van der Waals surface area contributed by atoms with Crippen molar-refractivity contribution in [3.63, 3.8) is 0 Å². The second kappa shape index (κ2) is 9.33. The molecule has 2 aliphatic rings. The standard InChI is InChI=1S/C20H29NO3/c22-19(15-23-16-20-7-4-12-24-20)14-21-10-8-18(9-11-21)13-17-5-2-1-3-6-17/h1-3,5-6,13,19-20,22H,4,7-12,14-16H2. The third kappa shape index (κ3) is 5.71. The number of hydrogen-bond donors (Lipinski definition) is 1. The minimum atomic E-state index is -0.411. The molecule has 0 radical (unpaired) electrons. The number of piperidine rings is 1. The number of benzene rings is 1. The number of ether oxygens (including phenoxy) is 2. The molecule has 4 heteroatoms. The van der Waals surface area contributed by atoms with Gasteiger partial charge in [0.05, 0.1) is 25.4 Å². The van der Waals surface area contributed by atoms with E-state index in [2.05, 4.69) is 35.2 Å². The zero-order valence-electron chi connectivity index (χ0n) is 14.4. The Hall–Kier alpha value is -1.20. The van der Waals surface area contributed by atoms with Gasteiger partial charge in [-0.3, -0.25) is 0 Å². The van der Waals surface area contributed by atoms with Crippen LogP contribution in [0.1, 0.15) is 31.2 Å². The molecule has 1 aromatic carbocycles. The molecule has 2 saturated heterocycles. The Morgan fingerprint density at radius 2 is 2.04 bits per heavy atom. The van der Waals surface area contributed by atoms with Gasteiger partial charge in [-0.1, -0.05) is 42.0 Å². The van der Waals surface area contributed by atoms with Crippen molar-refractivity contribution >= 4 is 6.08 Å². The van der Waals surface area contributed by atoms with Crippen LogP contribution in [0.5, 0.6) is 0 Å². The molecular formula is C20H29NO3. The zero-order chi connectivity index (χ0) is 16.6. The summed E-state index contributed by atoms with van der Waals surface area (Å²) in [5.41, 5.74) is 2.78. The van der Waals surface area contributed by atoms with E-state index in [9.17, 15) is 5.11 Å². The van der Waals surface area contributed by atoms with Gasteiger partial charge in [0, 0.05) is 26.2 Å². The molecule has 0 aromatic heterocycles. The monoisotopic (exact) mass is 331 g/mol. The molecule has 2 unspecified atom stereocenters. The second-order valence-electron chi connectivity index (χ2n) is 6.84. The molecule has 2 aliphatic heterocycles. The van der Waals surface area contributed by atoms with E-state index in [0.29, 0.717) is 19.8 Å². The van der Waals surface area contributed by atoms with Gasteiger partial charge >= 0.3 is 0 Å². The maximum Gasteiger partial charge on any atom is 0.0900 e. The van der Waals surface area contributed by atoms with Crippen LogP contribution in [0.25, 0.3) is 6.08 Å². The first kappa shape index (κ1) is 17.6. The van der Waals surface area contributed by atoms with Crippen molar-refractivity contribution in [1.29, 1.82) is 0 Å². The highest BCUT2D eigenvalue weighted by Crippen LogP contribution is 2.19. The Morgan fingerprint density at radius 3 is 2.75 bits per heavy atom. The molecule has 132 valence electrons. The van der Waals surface area contributed by atoms with Gasteiger partial charge in [0.25, 0.3) is 0 Å². The number of nitrogens with zero attached hydrogens (tertiary/aromatic N) is 1. The smallest absolute Gasteiger partial charge is 0.0900 e. The van der Waals surface area contributed by atoms with Crippen LogP contribution in [0.4, 0.5) is 0 Å². The van der Waals surface area contributed by atoms with Crippen molar-refractivity contribution in [3.05, 3.63) is 41.5 Å².